The summed E-state index contributed by atoms with van der Waals surface area (Å²) < 4.78 is 1.47. The molecule has 8 nitrogen and oxygen atoms in total. The van der Waals surface area contributed by atoms with Crippen LogP contribution in [0.3, 0.4) is 0 Å². The summed E-state index contributed by atoms with van der Waals surface area (Å²) in [6.45, 7) is 5.54. The van der Waals surface area contributed by atoms with Gasteiger partial charge in [-0.3, -0.25) is 19.8 Å². The number of amides is 1. The molecule has 8 heteroatoms. The van der Waals surface area contributed by atoms with Crippen molar-refractivity contribution in [2.24, 2.45) is 0 Å². The maximum atomic E-state index is 12.4. The summed E-state index contributed by atoms with van der Waals surface area (Å²) in [7, 11) is 0. The zero-order chi connectivity index (χ0) is 17.1. The van der Waals surface area contributed by atoms with E-state index < -0.39 is 0 Å². The fraction of sp³-hybridized carbons (Fsp3) is 0.438. The summed E-state index contributed by atoms with van der Waals surface area (Å²) in [5.74, 6) is 0.124. The molecule has 2 aromatic rings. The van der Waals surface area contributed by atoms with Gasteiger partial charge in [-0.25, -0.2) is 14.6 Å². The molecule has 1 aliphatic heterocycles. The van der Waals surface area contributed by atoms with Crippen LogP contribution in [0.5, 0.6) is 0 Å². The molecule has 0 aromatic carbocycles. The summed E-state index contributed by atoms with van der Waals surface area (Å²) in [5, 5.41) is 7.10. The Morgan fingerprint density at radius 3 is 2.83 bits per heavy atom. The van der Waals surface area contributed by atoms with Gasteiger partial charge in [0.25, 0.3) is 5.56 Å². The van der Waals surface area contributed by atoms with Gasteiger partial charge in [-0.2, -0.15) is 5.10 Å². The van der Waals surface area contributed by atoms with Crippen LogP contribution < -0.4 is 10.9 Å². The molecule has 3 heterocycles. The molecule has 0 bridgehead atoms. The predicted octanol–water partition coefficient (Wildman–Crippen LogP) is 0.438. The first-order chi connectivity index (χ1) is 11.6. The fourth-order valence-electron chi connectivity index (χ4n) is 2.76. The molecule has 3 rings (SSSR count). The van der Waals surface area contributed by atoms with E-state index in [0.717, 1.165) is 17.7 Å². The molecule has 1 amide bonds. The molecule has 1 aliphatic rings. The summed E-state index contributed by atoms with van der Waals surface area (Å²) in [4.78, 5) is 34.4. The number of hydrogen-bond acceptors (Lipinski definition) is 6. The zero-order valence-electron chi connectivity index (χ0n) is 13.8. The van der Waals surface area contributed by atoms with Crippen molar-refractivity contribution < 1.29 is 4.79 Å². The third-order valence-corrected chi connectivity index (χ3v) is 4.20. The van der Waals surface area contributed by atoms with Gasteiger partial charge in [-0.15, -0.1) is 0 Å². The highest BCUT2D eigenvalue weighted by Crippen LogP contribution is 2.18. The van der Waals surface area contributed by atoms with Crippen molar-refractivity contribution >= 4 is 11.9 Å². The van der Waals surface area contributed by atoms with Crippen molar-refractivity contribution in [1.29, 1.82) is 0 Å². The molecule has 0 radical (unpaired) electrons. The molecule has 0 spiro atoms. The Labute approximate surface area is 139 Å². The number of nitrogens with zero attached hydrogens (tertiary/aromatic N) is 5. The van der Waals surface area contributed by atoms with Crippen LogP contribution in [0, 0.1) is 0 Å². The van der Waals surface area contributed by atoms with Crippen LogP contribution >= 0.6 is 0 Å². The van der Waals surface area contributed by atoms with Gasteiger partial charge in [-0.1, -0.05) is 0 Å². The van der Waals surface area contributed by atoms with Gasteiger partial charge in [-0.05, 0) is 25.5 Å². The van der Waals surface area contributed by atoms with Crippen molar-refractivity contribution in [1.82, 2.24) is 24.6 Å². The Morgan fingerprint density at radius 2 is 2.12 bits per heavy atom. The number of rotatable bonds is 4. The topological polar surface area (TPSA) is 93.0 Å². The molecular weight excluding hydrogens is 308 g/mol. The lowest BCUT2D eigenvalue weighted by Crippen LogP contribution is -2.45. The maximum Gasteiger partial charge on any atom is 0.267 e. The minimum atomic E-state index is -0.351. The molecule has 0 saturated heterocycles. The fourth-order valence-corrected chi connectivity index (χ4v) is 2.76. The van der Waals surface area contributed by atoms with E-state index in [1.54, 1.807) is 24.5 Å². The lowest BCUT2D eigenvalue weighted by atomic mass is 10.0. The van der Waals surface area contributed by atoms with Gasteiger partial charge in [0.05, 0.1) is 11.7 Å². The number of nitrogens with one attached hydrogen (secondary N) is 1. The van der Waals surface area contributed by atoms with E-state index in [1.807, 2.05) is 18.7 Å². The van der Waals surface area contributed by atoms with Crippen LogP contribution in [0.25, 0.3) is 0 Å². The van der Waals surface area contributed by atoms with Crippen molar-refractivity contribution in [2.45, 2.75) is 39.4 Å². The number of carbonyl (C=O) groups is 1. The van der Waals surface area contributed by atoms with Gasteiger partial charge in [0.2, 0.25) is 11.9 Å². The molecular formula is C16H20N6O2. The van der Waals surface area contributed by atoms with E-state index in [1.165, 1.54) is 4.68 Å². The number of aromatic nitrogens is 4. The van der Waals surface area contributed by atoms with Crippen LogP contribution in [0.2, 0.25) is 0 Å². The average molecular weight is 328 g/mol. The molecule has 1 atom stereocenters. The highest BCUT2D eigenvalue weighted by molar-refractivity contribution is 5.93. The quantitative estimate of drug-likeness (QED) is 0.875. The lowest BCUT2D eigenvalue weighted by molar-refractivity contribution is -0.121. The normalized spacial score (nSPS) is 15.6. The van der Waals surface area contributed by atoms with Gasteiger partial charge in [0.1, 0.15) is 0 Å². The van der Waals surface area contributed by atoms with E-state index in [0.29, 0.717) is 25.6 Å². The average Bonchev–Trinajstić information content (AvgIpc) is 2.60. The van der Waals surface area contributed by atoms with Gasteiger partial charge in [0.15, 0.2) is 0 Å². The third kappa shape index (κ3) is 3.33. The van der Waals surface area contributed by atoms with E-state index >= 15 is 0 Å². The molecule has 126 valence electrons. The lowest BCUT2D eigenvalue weighted by Gasteiger charge is -2.32. The maximum absolute atomic E-state index is 12.4. The molecule has 0 fully saturated rings. The van der Waals surface area contributed by atoms with E-state index in [-0.39, 0.29) is 17.5 Å². The zero-order valence-corrected chi connectivity index (χ0v) is 13.8. The highest BCUT2D eigenvalue weighted by atomic mass is 16.2. The highest BCUT2D eigenvalue weighted by Gasteiger charge is 2.27. The second kappa shape index (κ2) is 6.88. The monoisotopic (exact) mass is 328 g/mol. The summed E-state index contributed by atoms with van der Waals surface area (Å²) in [6.07, 6.45) is 3.87. The number of anilines is 1. The van der Waals surface area contributed by atoms with Crippen LogP contribution in [-0.4, -0.2) is 43.1 Å². The van der Waals surface area contributed by atoms with E-state index in [4.69, 9.17) is 0 Å². The largest absolute Gasteiger partial charge is 0.293 e. The second-order valence-corrected chi connectivity index (χ2v) is 5.73. The smallest absolute Gasteiger partial charge is 0.267 e. The molecule has 2 aromatic heterocycles. The number of carbonyl (C=O) groups excluding carboxylic acids is 1. The Hall–Kier alpha value is -2.61. The molecule has 0 aliphatic carbocycles. The SMILES string of the molecule is CCn1nc2c(cc1=O)CN(C(C)C(=O)Nc1ncccn1)CC2. The minimum absolute atomic E-state index is 0.104. The van der Waals surface area contributed by atoms with Crippen molar-refractivity contribution in [3.05, 3.63) is 46.1 Å². The first kappa shape index (κ1) is 16.3. The predicted molar refractivity (Wildman–Crippen MR) is 88.4 cm³/mol. The number of aryl methyl sites for hydroxylation is 1. The Bertz CT molecular complexity index is 789. The minimum Gasteiger partial charge on any atom is -0.293 e. The molecule has 1 unspecified atom stereocenters. The Balaban J connectivity index is 1.71. The van der Waals surface area contributed by atoms with Crippen LogP contribution in [0.4, 0.5) is 5.95 Å². The van der Waals surface area contributed by atoms with Crippen LogP contribution in [0.1, 0.15) is 25.1 Å². The van der Waals surface area contributed by atoms with Gasteiger partial charge >= 0.3 is 0 Å². The standard InChI is InChI=1S/C16H20N6O2/c1-3-22-14(23)9-12-10-21(8-5-13(12)20-22)11(2)15(24)19-16-17-6-4-7-18-16/h4,6-7,9,11H,3,5,8,10H2,1-2H3,(H,17,18,19,24). The van der Waals surface area contributed by atoms with Gasteiger partial charge in [0, 0.05) is 44.5 Å². The number of fused-ring (bicyclic) bond motifs is 1. The van der Waals surface area contributed by atoms with E-state index in [9.17, 15) is 9.59 Å². The van der Waals surface area contributed by atoms with Crippen molar-refractivity contribution in [3.63, 3.8) is 0 Å². The summed E-state index contributed by atoms with van der Waals surface area (Å²) in [5.41, 5.74) is 1.73. The molecule has 24 heavy (non-hydrogen) atoms. The van der Waals surface area contributed by atoms with Gasteiger partial charge < -0.3 is 0 Å². The van der Waals surface area contributed by atoms with Crippen LogP contribution in [-0.2, 0) is 24.3 Å². The molecule has 1 N–H and O–H groups in total. The Kier molecular flexibility index (Phi) is 4.66. The first-order valence-electron chi connectivity index (χ1n) is 8.00. The summed E-state index contributed by atoms with van der Waals surface area (Å²) in [6, 6.07) is 2.97. The molecule has 0 saturated carbocycles. The van der Waals surface area contributed by atoms with E-state index in [2.05, 4.69) is 20.4 Å². The Morgan fingerprint density at radius 1 is 1.38 bits per heavy atom. The third-order valence-electron chi connectivity index (χ3n) is 4.20. The number of hydrogen-bond donors (Lipinski definition) is 1. The van der Waals surface area contributed by atoms with Crippen molar-refractivity contribution in [3.8, 4) is 0 Å². The van der Waals surface area contributed by atoms with Crippen LogP contribution in [0.15, 0.2) is 29.3 Å². The summed E-state index contributed by atoms with van der Waals surface area (Å²) >= 11 is 0. The first-order valence-corrected chi connectivity index (χ1v) is 8.00. The van der Waals surface area contributed by atoms with Crippen molar-refractivity contribution in [2.75, 3.05) is 11.9 Å². The second-order valence-electron chi connectivity index (χ2n) is 5.73.